The third-order valence-corrected chi connectivity index (χ3v) is 3.64. The van der Waals surface area contributed by atoms with Gasteiger partial charge in [-0.25, -0.2) is 0 Å². The largest absolute Gasteiger partial charge is 0.481 e. The smallest absolute Gasteiger partial charge is 0.306 e. The van der Waals surface area contributed by atoms with Crippen LogP contribution in [-0.2, 0) is 9.59 Å². The van der Waals surface area contributed by atoms with Gasteiger partial charge in [-0.2, -0.15) is 0 Å². The molecule has 1 aliphatic rings. The van der Waals surface area contributed by atoms with Crippen molar-refractivity contribution in [3.05, 3.63) is 29.3 Å². The second-order valence-electron chi connectivity index (χ2n) is 4.57. The van der Waals surface area contributed by atoms with Gasteiger partial charge in [0.05, 0.1) is 5.92 Å². The van der Waals surface area contributed by atoms with E-state index in [2.05, 4.69) is 0 Å². The molecule has 0 radical (unpaired) electrons. The van der Waals surface area contributed by atoms with Gasteiger partial charge in [0, 0.05) is 23.7 Å². The number of amides is 1. The lowest BCUT2D eigenvalue weighted by molar-refractivity contribution is -0.142. The maximum absolute atomic E-state index is 11.9. The van der Waals surface area contributed by atoms with E-state index in [4.69, 9.17) is 16.7 Å². The number of nitrogens with zero attached hydrogens (tertiary/aromatic N) is 1. The summed E-state index contributed by atoms with van der Waals surface area (Å²) in [6.07, 6.45) is 0.288. The molecule has 4 nitrogen and oxygen atoms in total. The van der Waals surface area contributed by atoms with Crippen LogP contribution in [0.3, 0.4) is 0 Å². The van der Waals surface area contributed by atoms with Crippen molar-refractivity contribution in [1.29, 1.82) is 0 Å². The zero-order chi connectivity index (χ0) is 13.3. The Labute approximate surface area is 110 Å². The highest BCUT2D eigenvalue weighted by atomic mass is 35.5. The minimum Gasteiger partial charge on any atom is -0.481 e. The van der Waals surface area contributed by atoms with E-state index in [1.54, 1.807) is 36.1 Å². The van der Waals surface area contributed by atoms with E-state index in [-0.39, 0.29) is 18.2 Å². The van der Waals surface area contributed by atoms with Gasteiger partial charge in [-0.3, -0.25) is 9.59 Å². The van der Waals surface area contributed by atoms with Crippen molar-refractivity contribution in [2.24, 2.45) is 11.8 Å². The maximum atomic E-state index is 11.9. The molecule has 0 saturated carbocycles. The van der Waals surface area contributed by atoms with Crippen molar-refractivity contribution in [2.45, 2.75) is 13.3 Å². The Morgan fingerprint density at radius 1 is 1.44 bits per heavy atom. The van der Waals surface area contributed by atoms with E-state index in [0.29, 0.717) is 11.6 Å². The summed E-state index contributed by atoms with van der Waals surface area (Å²) in [5.74, 6) is -1.53. The van der Waals surface area contributed by atoms with Crippen molar-refractivity contribution in [3.63, 3.8) is 0 Å². The van der Waals surface area contributed by atoms with E-state index < -0.39 is 11.9 Å². The van der Waals surface area contributed by atoms with Gasteiger partial charge in [-0.1, -0.05) is 18.5 Å². The van der Waals surface area contributed by atoms with E-state index >= 15 is 0 Å². The Morgan fingerprint density at radius 2 is 2.06 bits per heavy atom. The average Bonchev–Trinajstić information content (AvgIpc) is 2.71. The number of carboxylic acid groups (broad SMARTS) is 1. The summed E-state index contributed by atoms with van der Waals surface area (Å²) < 4.78 is 0. The highest BCUT2D eigenvalue weighted by Gasteiger charge is 2.36. The van der Waals surface area contributed by atoms with Crippen LogP contribution >= 0.6 is 11.6 Å². The van der Waals surface area contributed by atoms with Crippen LogP contribution in [-0.4, -0.2) is 23.5 Å². The Balaban J connectivity index is 2.14. The van der Waals surface area contributed by atoms with Gasteiger partial charge in [0.15, 0.2) is 0 Å². The predicted octanol–water partition coefficient (Wildman–Crippen LogP) is 2.41. The summed E-state index contributed by atoms with van der Waals surface area (Å²) in [5.41, 5.74) is 0.768. The van der Waals surface area contributed by atoms with Crippen LogP contribution < -0.4 is 4.90 Å². The third-order valence-electron chi connectivity index (χ3n) is 3.39. The van der Waals surface area contributed by atoms with Crippen LogP contribution in [0.25, 0.3) is 0 Å². The van der Waals surface area contributed by atoms with Crippen LogP contribution in [0.15, 0.2) is 24.3 Å². The molecule has 96 valence electrons. The average molecular weight is 268 g/mol. The SMILES string of the molecule is CC(C(=O)O)C1CC(=O)N(c2ccc(Cl)cc2)C1. The van der Waals surface area contributed by atoms with Gasteiger partial charge >= 0.3 is 5.97 Å². The number of halogens is 1. The number of hydrogen-bond acceptors (Lipinski definition) is 2. The first kappa shape index (κ1) is 12.9. The summed E-state index contributed by atoms with van der Waals surface area (Å²) in [5, 5.41) is 9.59. The number of rotatable bonds is 3. The predicted molar refractivity (Wildman–Crippen MR) is 68.7 cm³/mol. The number of hydrogen-bond donors (Lipinski definition) is 1. The molecule has 2 atom stereocenters. The minimum atomic E-state index is -0.856. The molecule has 1 aromatic carbocycles. The molecule has 2 unspecified atom stereocenters. The third kappa shape index (κ3) is 2.48. The lowest BCUT2D eigenvalue weighted by Gasteiger charge is -2.18. The maximum Gasteiger partial charge on any atom is 0.306 e. The Kier molecular flexibility index (Phi) is 3.57. The highest BCUT2D eigenvalue weighted by Crippen LogP contribution is 2.30. The summed E-state index contributed by atoms with van der Waals surface area (Å²) in [6.45, 7) is 2.10. The first-order valence-corrected chi connectivity index (χ1v) is 6.15. The topological polar surface area (TPSA) is 57.6 Å². The quantitative estimate of drug-likeness (QED) is 0.915. The molecule has 1 fully saturated rings. The molecule has 0 bridgehead atoms. The molecule has 1 heterocycles. The molecule has 0 aliphatic carbocycles. The van der Waals surface area contributed by atoms with Crippen LogP contribution in [0.2, 0.25) is 5.02 Å². The number of benzene rings is 1. The number of carboxylic acids is 1. The second kappa shape index (κ2) is 4.98. The summed E-state index contributed by atoms with van der Waals surface area (Å²) >= 11 is 5.79. The Hall–Kier alpha value is -1.55. The van der Waals surface area contributed by atoms with E-state index in [1.165, 1.54) is 0 Å². The van der Waals surface area contributed by atoms with Gasteiger partial charge in [-0.05, 0) is 30.2 Å². The summed E-state index contributed by atoms with van der Waals surface area (Å²) in [6, 6.07) is 6.98. The van der Waals surface area contributed by atoms with Gasteiger partial charge in [0.1, 0.15) is 0 Å². The fourth-order valence-corrected chi connectivity index (χ4v) is 2.27. The second-order valence-corrected chi connectivity index (χ2v) is 5.01. The number of anilines is 1. The molecule has 0 aromatic heterocycles. The molecule has 0 spiro atoms. The van der Waals surface area contributed by atoms with Crippen molar-refractivity contribution in [3.8, 4) is 0 Å². The first-order valence-electron chi connectivity index (χ1n) is 5.78. The molecule has 18 heavy (non-hydrogen) atoms. The van der Waals surface area contributed by atoms with Gasteiger partial charge in [0.2, 0.25) is 5.91 Å². The van der Waals surface area contributed by atoms with Gasteiger partial charge in [-0.15, -0.1) is 0 Å². The van der Waals surface area contributed by atoms with E-state index in [1.807, 2.05) is 0 Å². The number of carbonyl (C=O) groups excluding carboxylic acids is 1. The van der Waals surface area contributed by atoms with Crippen molar-refractivity contribution >= 4 is 29.2 Å². The molecular weight excluding hydrogens is 254 g/mol. The van der Waals surface area contributed by atoms with Gasteiger partial charge in [0.25, 0.3) is 0 Å². The molecule has 1 aliphatic heterocycles. The van der Waals surface area contributed by atoms with E-state index in [9.17, 15) is 9.59 Å². The Bertz CT molecular complexity index is 472. The monoisotopic (exact) mass is 267 g/mol. The zero-order valence-corrected chi connectivity index (χ0v) is 10.7. The lowest BCUT2D eigenvalue weighted by Crippen LogP contribution is -2.27. The molecule has 2 rings (SSSR count). The fourth-order valence-electron chi connectivity index (χ4n) is 2.14. The molecular formula is C13H14ClNO3. The first-order chi connectivity index (χ1) is 8.49. The molecule has 1 N–H and O–H groups in total. The molecule has 1 saturated heterocycles. The van der Waals surface area contributed by atoms with Crippen LogP contribution in [0.1, 0.15) is 13.3 Å². The van der Waals surface area contributed by atoms with Crippen LogP contribution in [0.4, 0.5) is 5.69 Å². The fraction of sp³-hybridized carbons (Fsp3) is 0.385. The summed E-state index contributed by atoms with van der Waals surface area (Å²) in [7, 11) is 0. The molecule has 1 amide bonds. The van der Waals surface area contributed by atoms with Crippen molar-refractivity contribution < 1.29 is 14.7 Å². The summed E-state index contributed by atoms with van der Waals surface area (Å²) in [4.78, 5) is 24.5. The number of carbonyl (C=O) groups is 2. The molecule has 1 aromatic rings. The van der Waals surface area contributed by atoms with Gasteiger partial charge < -0.3 is 10.0 Å². The van der Waals surface area contributed by atoms with E-state index in [0.717, 1.165) is 5.69 Å². The Morgan fingerprint density at radius 3 is 2.61 bits per heavy atom. The lowest BCUT2D eigenvalue weighted by atomic mass is 9.93. The van der Waals surface area contributed by atoms with Crippen molar-refractivity contribution in [1.82, 2.24) is 0 Å². The van der Waals surface area contributed by atoms with Crippen LogP contribution in [0, 0.1) is 11.8 Å². The minimum absolute atomic E-state index is 0.0320. The number of aliphatic carboxylic acids is 1. The van der Waals surface area contributed by atoms with Crippen molar-refractivity contribution in [2.75, 3.05) is 11.4 Å². The standard InChI is InChI=1S/C13H14ClNO3/c1-8(13(17)18)9-6-12(16)15(7-9)11-4-2-10(14)3-5-11/h2-5,8-9H,6-7H2,1H3,(H,17,18). The zero-order valence-electron chi connectivity index (χ0n) is 9.97. The normalized spacial score (nSPS) is 21.1. The highest BCUT2D eigenvalue weighted by molar-refractivity contribution is 6.30. The molecule has 5 heteroatoms. The van der Waals surface area contributed by atoms with Crippen LogP contribution in [0.5, 0.6) is 0 Å².